The number of hydrogen-bond acceptors (Lipinski definition) is 5. The standard InChI is InChI=1S/C17H23N5O3/c1-10-4-3-5-12-16(10)21-14(20-12)8-25-9-15(23)22-7-11(18)6-13(22)17(24)19-2/h3-5,11,13H,6-9,18H2,1-2H3,(H,19,24)(H,20,21)/t11-,13-/m0/s1. The van der Waals surface area contributed by atoms with Crippen LogP contribution in [0, 0.1) is 6.92 Å². The van der Waals surface area contributed by atoms with Crippen LogP contribution in [-0.4, -0.2) is 59.0 Å². The van der Waals surface area contributed by atoms with Crippen molar-refractivity contribution in [1.82, 2.24) is 20.2 Å². The summed E-state index contributed by atoms with van der Waals surface area (Å²) in [7, 11) is 1.55. The summed E-state index contributed by atoms with van der Waals surface area (Å²) in [5.41, 5.74) is 8.81. The summed E-state index contributed by atoms with van der Waals surface area (Å²) in [4.78, 5) is 33.4. The fourth-order valence-corrected chi connectivity index (χ4v) is 3.17. The first-order valence-electron chi connectivity index (χ1n) is 8.28. The number of ether oxygens (including phenoxy) is 1. The Labute approximate surface area is 145 Å². The van der Waals surface area contributed by atoms with Gasteiger partial charge in [-0.15, -0.1) is 0 Å². The van der Waals surface area contributed by atoms with Gasteiger partial charge in [-0.05, 0) is 25.0 Å². The highest BCUT2D eigenvalue weighted by Crippen LogP contribution is 2.18. The van der Waals surface area contributed by atoms with E-state index < -0.39 is 6.04 Å². The molecule has 3 rings (SSSR count). The fourth-order valence-electron chi connectivity index (χ4n) is 3.17. The van der Waals surface area contributed by atoms with Crippen LogP contribution in [0.15, 0.2) is 18.2 Å². The number of aryl methyl sites for hydroxylation is 1. The van der Waals surface area contributed by atoms with Crippen LogP contribution < -0.4 is 11.1 Å². The van der Waals surface area contributed by atoms with E-state index in [2.05, 4.69) is 15.3 Å². The molecule has 1 aromatic carbocycles. The van der Waals surface area contributed by atoms with Gasteiger partial charge < -0.3 is 25.7 Å². The highest BCUT2D eigenvalue weighted by molar-refractivity contribution is 5.88. The molecule has 1 aliphatic rings. The number of likely N-dealkylation sites (N-methyl/N-ethyl adjacent to an activating group) is 1. The van der Waals surface area contributed by atoms with Gasteiger partial charge in [-0.2, -0.15) is 0 Å². The van der Waals surface area contributed by atoms with E-state index in [1.54, 1.807) is 7.05 Å². The van der Waals surface area contributed by atoms with Gasteiger partial charge in [0.1, 0.15) is 25.1 Å². The van der Waals surface area contributed by atoms with E-state index in [1.807, 2.05) is 25.1 Å². The molecule has 0 spiro atoms. The zero-order chi connectivity index (χ0) is 18.0. The van der Waals surface area contributed by atoms with Crippen LogP contribution in [0.25, 0.3) is 11.0 Å². The van der Waals surface area contributed by atoms with Gasteiger partial charge in [-0.1, -0.05) is 12.1 Å². The highest BCUT2D eigenvalue weighted by Gasteiger charge is 2.37. The second-order valence-electron chi connectivity index (χ2n) is 6.32. The van der Waals surface area contributed by atoms with Crippen molar-refractivity contribution in [3.05, 3.63) is 29.6 Å². The molecule has 1 fully saturated rings. The molecule has 2 heterocycles. The van der Waals surface area contributed by atoms with E-state index in [0.29, 0.717) is 18.8 Å². The number of fused-ring (bicyclic) bond motifs is 1. The lowest BCUT2D eigenvalue weighted by Gasteiger charge is -2.22. The molecule has 8 heteroatoms. The predicted octanol–water partition coefficient (Wildman–Crippen LogP) is 0.0621. The number of H-pyrrole nitrogens is 1. The van der Waals surface area contributed by atoms with Crippen LogP contribution >= 0.6 is 0 Å². The van der Waals surface area contributed by atoms with Gasteiger partial charge in [0.05, 0.1) is 11.0 Å². The topological polar surface area (TPSA) is 113 Å². The minimum absolute atomic E-state index is 0.115. The molecule has 25 heavy (non-hydrogen) atoms. The number of hydrogen-bond donors (Lipinski definition) is 3. The molecule has 0 bridgehead atoms. The number of rotatable bonds is 5. The van der Waals surface area contributed by atoms with Crippen LogP contribution in [0.1, 0.15) is 17.8 Å². The third-order valence-corrected chi connectivity index (χ3v) is 4.43. The Hall–Kier alpha value is -2.45. The second kappa shape index (κ2) is 7.20. The largest absolute Gasteiger partial charge is 0.364 e. The van der Waals surface area contributed by atoms with Gasteiger partial charge in [0.25, 0.3) is 0 Å². The minimum atomic E-state index is -0.523. The first-order valence-corrected chi connectivity index (χ1v) is 8.28. The smallest absolute Gasteiger partial charge is 0.249 e. The quantitative estimate of drug-likeness (QED) is 0.709. The maximum absolute atomic E-state index is 12.4. The summed E-state index contributed by atoms with van der Waals surface area (Å²) in [6.07, 6.45) is 0.467. The van der Waals surface area contributed by atoms with E-state index in [1.165, 1.54) is 4.90 Å². The van der Waals surface area contributed by atoms with Gasteiger partial charge >= 0.3 is 0 Å². The van der Waals surface area contributed by atoms with Crippen LogP contribution in [0.4, 0.5) is 0 Å². The van der Waals surface area contributed by atoms with Crippen LogP contribution in [0.3, 0.4) is 0 Å². The van der Waals surface area contributed by atoms with Crippen molar-refractivity contribution in [1.29, 1.82) is 0 Å². The van der Waals surface area contributed by atoms with Gasteiger partial charge in [-0.25, -0.2) is 4.98 Å². The summed E-state index contributed by atoms with van der Waals surface area (Å²) in [5, 5.41) is 2.57. The molecule has 2 aromatic rings. The number of benzene rings is 1. The van der Waals surface area contributed by atoms with Gasteiger partial charge in [0, 0.05) is 19.6 Å². The molecule has 0 aliphatic carbocycles. The fraction of sp³-hybridized carbons (Fsp3) is 0.471. The summed E-state index contributed by atoms with van der Waals surface area (Å²) in [5.74, 6) is 0.223. The third kappa shape index (κ3) is 3.64. The normalized spacial score (nSPS) is 20.2. The molecule has 0 saturated carbocycles. The number of nitrogens with two attached hydrogens (primary N) is 1. The van der Waals surface area contributed by atoms with E-state index in [0.717, 1.165) is 16.6 Å². The third-order valence-electron chi connectivity index (χ3n) is 4.43. The van der Waals surface area contributed by atoms with Crippen molar-refractivity contribution in [2.24, 2.45) is 5.73 Å². The van der Waals surface area contributed by atoms with Crippen LogP contribution in [0.2, 0.25) is 0 Å². The highest BCUT2D eigenvalue weighted by atomic mass is 16.5. The van der Waals surface area contributed by atoms with Crippen molar-refractivity contribution in [2.45, 2.75) is 32.0 Å². The molecule has 0 radical (unpaired) electrons. The molecule has 1 saturated heterocycles. The van der Waals surface area contributed by atoms with Gasteiger partial charge in [0.2, 0.25) is 11.8 Å². The minimum Gasteiger partial charge on any atom is -0.364 e. The number of para-hydroxylation sites is 1. The van der Waals surface area contributed by atoms with E-state index >= 15 is 0 Å². The number of imidazole rings is 1. The van der Waals surface area contributed by atoms with Crippen molar-refractivity contribution >= 4 is 22.8 Å². The maximum Gasteiger partial charge on any atom is 0.249 e. The summed E-state index contributed by atoms with van der Waals surface area (Å²) in [6.45, 7) is 2.44. The molecule has 2 atom stereocenters. The first-order chi connectivity index (χ1) is 12.0. The summed E-state index contributed by atoms with van der Waals surface area (Å²) < 4.78 is 5.50. The molecule has 4 N–H and O–H groups in total. The number of aromatic nitrogens is 2. The van der Waals surface area contributed by atoms with Crippen molar-refractivity contribution < 1.29 is 14.3 Å². The van der Waals surface area contributed by atoms with Crippen LogP contribution in [-0.2, 0) is 20.9 Å². The SMILES string of the molecule is CNC(=O)[C@@H]1C[C@H](N)CN1C(=O)COCc1nc2c(C)cccc2[nH]1. The lowest BCUT2D eigenvalue weighted by Crippen LogP contribution is -2.46. The van der Waals surface area contributed by atoms with Crippen LogP contribution in [0.5, 0.6) is 0 Å². The zero-order valence-electron chi connectivity index (χ0n) is 14.4. The lowest BCUT2D eigenvalue weighted by molar-refractivity contribution is -0.142. The number of likely N-dealkylation sites (tertiary alicyclic amines) is 1. The molecule has 1 aliphatic heterocycles. The molecule has 0 unspecified atom stereocenters. The van der Waals surface area contributed by atoms with Gasteiger partial charge in [0.15, 0.2) is 0 Å². The number of nitrogens with one attached hydrogen (secondary N) is 2. The van der Waals surface area contributed by atoms with Crippen molar-refractivity contribution in [2.75, 3.05) is 20.2 Å². The number of nitrogens with zero attached hydrogens (tertiary/aromatic N) is 2. The van der Waals surface area contributed by atoms with Crippen molar-refractivity contribution in [3.8, 4) is 0 Å². The summed E-state index contributed by atoms with van der Waals surface area (Å²) in [6, 6.07) is 5.19. The molecule has 134 valence electrons. The Bertz CT molecular complexity index is 788. The average molecular weight is 345 g/mol. The zero-order valence-corrected chi connectivity index (χ0v) is 14.4. The van der Waals surface area contributed by atoms with E-state index in [4.69, 9.17) is 10.5 Å². The molecular weight excluding hydrogens is 322 g/mol. The maximum atomic E-state index is 12.4. The average Bonchev–Trinajstić information content (AvgIpc) is 3.18. The molecule has 8 nitrogen and oxygen atoms in total. The van der Waals surface area contributed by atoms with E-state index in [9.17, 15) is 9.59 Å². The van der Waals surface area contributed by atoms with Crippen molar-refractivity contribution in [3.63, 3.8) is 0 Å². The number of aromatic amines is 1. The number of amides is 2. The Kier molecular flexibility index (Phi) is 5.00. The number of carbonyl (C=O) groups excluding carboxylic acids is 2. The Morgan fingerprint density at radius 1 is 1.48 bits per heavy atom. The number of carbonyl (C=O) groups is 2. The van der Waals surface area contributed by atoms with Gasteiger partial charge in [-0.3, -0.25) is 9.59 Å². The lowest BCUT2D eigenvalue weighted by atomic mass is 10.1. The first kappa shape index (κ1) is 17.4. The second-order valence-corrected chi connectivity index (χ2v) is 6.32. The Morgan fingerprint density at radius 3 is 3.00 bits per heavy atom. The molecule has 1 aromatic heterocycles. The Morgan fingerprint density at radius 2 is 2.28 bits per heavy atom. The monoisotopic (exact) mass is 345 g/mol. The predicted molar refractivity (Wildman–Crippen MR) is 92.6 cm³/mol. The molecular formula is C17H23N5O3. The summed E-state index contributed by atoms with van der Waals surface area (Å²) >= 11 is 0. The van der Waals surface area contributed by atoms with E-state index in [-0.39, 0.29) is 31.1 Å². The molecule has 2 amide bonds. The Balaban J connectivity index is 1.58.